The lowest BCUT2D eigenvalue weighted by molar-refractivity contribution is 0.279. The van der Waals surface area contributed by atoms with Crippen LogP contribution in [0.3, 0.4) is 0 Å². The van der Waals surface area contributed by atoms with Gasteiger partial charge in [-0.25, -0.2) is 4.98 Å². The molecule has 3 rings (SSSR count). The van der Waals surface area contributed by atoms with Crippen molar-refractivity contribution in [3.05, 3.63) is 78.3 Å². The van der Waals surface area contributed by atoms with Crippen molar-refractivity contribution in [3.63, 3.8) is 0 Å². The number of rotatable bonds is 9. The molecule has 0 saturated carbocycles. The molecule has 5 nitrogen and oxygen atoms in total. The van der Waals surface area contributed by atoms with Gasteiger partial charge in [-0.05, 0) is 51.1 Å². The van der Waals surface area contributed by atoms with E-state index in [1.807, 2.05) is 42.5 Å². The minimum atomic E-state index is -0.00168. The number of hydrogen-bond donors (Lipinski definition) is 1. The quantitative estimate of drug-likeness (QED) is 0.407. The molecule has 0 aliphatic heterocycles. The minimum absolute atomic E-state index is 0.00168. The SMILES string of the molecule is CCN(C/C=C/C#CC(C)(C)C)Cc1cccc(OCc2cccc(-c3cnco3)c2)c1O. The van der Waals surface area contributed by atoms with Gasteiger partial charge in [-0.3, -0.25) is 4.90 Å². The van der Waals surface area contributed by atoms with E-state index >= 15 is 0 Å². The first kappa shape index (κ1) is 24.2. The van der Waals surface area contributed by atoms with Gasteiger partial charge in [0.1, 0.15) is 6.61 Å². The number of ether oxygens (including phenoxy) is 1. The van der Waals surface area contributed by atoms with Gasteiger partial charge in [0.15, 0.2) is 23.7 Å². The standard InChI is InChI=1S/C28H32N2O3/c1-5-30(16-8-6-7-15-28(2,3)4)19-24-13-10-14-25(27(24)31)32-20-22-11-9-12-23(17-22)26-18-29-21-33-26/h6,8-14,17-18,21,31H,5,16,19-20H2,1-4H3/b8-6+. The summed E-state index contributed by atoms with van der Waals surface area (Å²) in [6.07, 6.45) is 7.05. The summed E-state index contributed by atoms with van der Waals surface area (Å²) in [5.74, 6) is 7.66. The van der Waals surface area contributed by atoms with Crippen LogP contribution >= 0.6 is 0 Å². The number of oxazole rings is 1. The van der Waals surface area contributed by atoms with E-state index in [2.05, 4.69) is 55.5 Å². The van der Waals surface area contributed by atoms with E-state index in [0.29, 0.717) is 24.7 Å². The number of aromatic nitrogens is 1. The van der Waals surface area contributed by atoms with Crippen LogP contribution in [0.2, 0.25) is 0 Å². The van der Waals surface area contributed by atoms with Crippen LogP contribution in [-0.4, -0.2) is 28.1 Å². The molecule has 1 N–H and O–H groups in total. The summed E-state index contributed by atoms with van der Waals surface area (Å²) >= 11 is 0. The van der Waals surface area contributed by atoms with Crippen LogP contribution in [0.5, 0.6) is 11.5 Å². The van der Waals surface area contributed by atoms with Crippen molar-refractivity contribution in [1.29, 1.82) is 0 Å². The maximum atomic E-state index is 10.8. The Labute approximate surface area is 196 Å². The number of likely N-dealkylation sites (N-methyl/N-ethyl adjacent to an activating group) is 1. The largest absolute Gasteiger partial charge is 0.504 e. The fraction of sp³-hybridized carbons (Fsp3) is 0.321. The molecule has 172 valence electrons. The van der Waals surface area contributed by atoms with Crippen LogP contribution in [0.4, 0.5) is 0 Å². The third kappa shape index (κ3) is 7.55. The van der Waals surface area contributed by atoms with E-state index < -0.39 is 0 Å². The number of phenolic OH excluding ortho intramolecular Hbond substituents is 1. The molecule has 2 aromatic carbocycles. The Morgan fingerprint density at radius 2 is 2.00 bits per heavy atom. The lowest BCUT2D eigenvalue weighted by Gasteiger charge is -2.20. The summed E-state index contributed by atoms with van der Waals surface area (Å²) in [4.78, 5) is 6.20. The molecule has 0 unspecified atom stereocenters. The highest BCUT2D eigenvalue weighted by Gasteiger charge is 2.12. The van der Waals surface area contributed by atoms with Gasteiger partial charge >= 0.3 is 0 Å². The summed E-state index contributed by atoms with van der Waals surface area (Å²) in [5.41, 5.74) is 2.74. The molecule has 0 amide bonds. The van der Waals surface area contributed by atoms with Gasteiger partial charge in [-0.15, -0.1) is 0 Å². The first-order valence-electron chi connectivity index (χ1n) is 11.2. The zero-order chi connectivity index (χ0) is 23.7. The molecule has 1 aromatic heterocycles. The third-order valence-electron chi connectivity index (χ3n) is 4.97. The van der Waals surface area contributed by atoms with E-state index in [4.69, 9.17) is 9.15 Å². The first-order valence-corrected chi connectivity index (χ1v) is 11.2. The van der Waals surface area contributed by atoms with Gasteiger partial charge in [0, 0.05) is 29.6 Å². The molecular formula is C28H32N2O3. The van der Waals surface area contributed by atoms with Gasteiger partial charge in [-0.1, -0.05) is 55.2 Å². The van der Waals surface area contributed by atoms with Crippen molar-refractivity contribution >= 4 is 0 Å². The van der Waals surface area contributed by atoms with E-state index in [0.717, 1.165) is 29.8 Å². The second-order valence-electron chi connectivity index (χ2n) is 8.87. The Kier molecular flexibility index (Phi) is 8.34. The third-order valence-corrected chi connectivity index (χ3v) is 4.97. The summed E-state index contributed by atoms with van der Waals surface area (Å²) < 4.78 is 11.3. The fourth-order valence-electron chi connectivity index (χ4n) is 3.21. The summed E-state index contributed by atoms with van der Waals surface area (Å²) in [6, 6.07) is 13.5. The lowest BCUT2D eigenvalue weighted by atomic mass is 9.98. The lowest BCUT2D eigenvalue weighted by Crippen LogP contribution is -2.22. The molecule has 3 aromatic rings. The zero-order valence-corrected chi connectivity index (χ0v) is 19.8. The Morgan fingerprint density at radius 3 is 2.73 bits per heavy atom. The van der Waals surface area contributed by atoms with Gasteiger partial charge in [-0.2, -0.15) is 0 Å². The molecule has 0 saturated heterocycles. The molecule has 0 spiro atoms. The Bertz CT molecular complexity index is 1120. The number of benzene rings is 2. The van der Waals surface area contributed by atoms with Crippen molar-refractivity contribution < 1.29 is 14.3 Å². The van der Waals surface area contributed by atoms with Crippen LogP contribution in [0.1, 0.15) is 38.8 Å². The van der Waals surface area contributed by atoms with Crippen molar-refractivity contribution in [2.75, 3.05) is 13.1 Å². The zero-order valence-electron chi connectivity index (χ0n) is 19.8. The maximum absolute atomic E-state index is 10.8. The predicted octanol–water partition coefficient (Wildman–Crippen LogP) is 6.05. The fourth-order valence-corrected chi connectivity index (χ4v) is 3.21. The van der Waals surface area contributed by atoms with E-state index in [-0.39, 0.29) is 11.2 Å². The highest BCUT2D eigenvalue weighted by Crippen LogP contribution is 2.31. The normalized spacial score (nSPS) is 11.5. The first-order chi connectivity index (χ1) is 15.9. The second-order valence-corrected chi connectivity index (χ2v) is 8.87. The number of aromatic hydroxyl groups is 1. The second kappa shape index (κ2) is 11.4. The summed E-state index contributed by atoms with van der Waals surface area (Å²) in [5, 5.41) is 10.8. The molecule has 1 heterocycles. The Balaban J connectivity index is 1.62. The molecule has 0 atom stereocenters. The highest BCUT2D eigenvalue weighted by molar-refractivity contribution is 5.57. The van der Waals surface area contributed by atoms with Gasteiger partial charge in [0.05, 0.1) is 6.20 Å². The van der Waals surface area contributed by atoms with Crippen LogP contribution in [-0.2, 0) is 13.2 Å². The van der Waals surface area contributed by atoms with Crippen LogP contribution in [0.25, 0.3) is 11.3 Å². The molecule has 0 fully saturated rings. The molecule has 5 heteroatoms. The number of nitrogens with zero attached hydrogens (tertiary/aromatic N) is 2. The average molecular weight is 445 g/mol. The number of para-hydroxylation sites is 1. The number of hydrogen-bond acceptors (Lipinski definition) is 5. The molecule has 33 heavy (non-hydrogen) atoms. The van der Waals surface area contributed by atoms with Crippen molar-refractivity contribution in [2.24, 2.45) is 5.41 Å². The van der Waals surface area contributed by atoms with Gasteiger partial charge in [0.2, 0.25) is 0 Å². The van der Waals surface area contributed by atoms with Crippen LogP contribution in [0.15, 0.2) is 71.6 Å². The van der Waals surface area contributed by atoms with Crippen molar-refractivity contribution in [3.8, 4) is 34.7 Å². The number of allylic oxidation sites excluding steroid dienone is 1. The maximum Gasteiger partial charge on any atom is 0.181 e. The van der Waals surface area contributed by atoms with E-state index in [1.165, 1.54) is 6.39 Å². The molecule has 0 aliphatic rings. The minimum Gasteiger partial charge on any atom is -0.504 e. The van der Waals surface area contributed by atoms with E-state index in [1.54, 1.807) is 12.3 Å². The van der Waals surface area contributed by atoms with E-state index in [9.17, 15) is 5.11 Å². The molecule has 0 radical (unpaired) electrons. The highest BCUT2D eigenvalue weighted by atomic mass is 16.5. The molecule has 0 bridgehead atoms. The van der Waals surface area contributed by atoms with Crippen molar-refractivity contribution in [2.45, 2.75) is 40.8 Å². The van der Waals surface area contributed by atoms with Crippen LogP contribution in [0, 0.1) is 17.3 Å². The van der Waals surface area contributed by atoms with Crippen molar-refractivity contribution in [1.82, 2.24) is 9.88 Å². The molecule has 0 aliphatic carbocycles. The van der Waals surface area contributed by atoms with Gasteiger partial charge < -0.3 is 14.3 Å². The smallest absolute Gasteiger partial charge is 0.181 e. The predicted molar refractivity (Wildman–Crippen MR) is 132 cm³/mol. The average Bonchev–Trinajstić information content (AvgIpc) is 3.33. The van der Waals surface area contributed by atoms with Crippen LogP contribution < -0.4 is 4.74 Å². The summed E-state index contributed by atoms with van der Waals surface area (Å²) in [6.45, 7) is 11.0. The topological polar surface area (TPSA) is 58.7 Å². The van der Waals surface area contributed by atoms with Gasteiger partial charge in [0.25, 0.3) is 0 Å². The molecular weight excluding hydrogens is 412 g/mol. The number of phenols is 1. The Morgan fingerprint density at radius 1 is 1.18 bits per heavy atom. The summed E-state index contributed by atoms with van der Waals surface area (Å²) in [7, 11) is 0. The monoisotopic (exact) mass is 444 g/mol. The Hall–Kier alpha value is -3.49.